The fourth-order valence-electron chi connectivity index (χ4n) is 2.53. The van der Waals surface area contributed by atoms with Crippen LogP contribution in [0.25, 0.3) is 0 Å². The molecule has 1 fully saturated rings. The van der Waals surface area contributed by atoms with Gasteiger partial charge < -0.3 is 10.2 Å². The fraction of sp³-hybridized carbons (Fsp3) is 0.667. The van der Waals surface area contributed by atoms with Crippen LogP contribution >= 0.6 is 12.4 Å². The number of hydrogen-bond donors (Lipinski definition) is 1. The number of likely N-dealkylation sites (tertiary alicyclic amines) is 1. The zero-order chi connectivity index (χ0) is 14.5. The minimum absolute atomic E-state index is 0. The minimum atomic E-state index is -0.491. The number of rotatable bonds is 6. The molecule has 0 saturated carbocycles. The van der Waals surface area contributed by atoms with E-state index in [2.05, 4.69) is 10.4 Å². The van der Waals surface area contributed by atoms with Crippen LogP contribution in [0.1, 0.15) is 19.3 Å². The van der Waals surface area contributed by atoms with Gasteiger partial charge in [-0.2, -0.15) is 5.10 Å². The number of likely N-dealkylation sites (N-methyl/N-ethyl adjacent to an activating group) is 1. The van der Waals surface area contributed by atoms with Gasteiger partial charge in [-0.25, -0.2) is 0 Å². The quantitative estimate of drug-likeness (QED) is 0.619. The maximum atomic E-state index is 12.2. The molecule has 2 heterocycles. The van der Waals surface area contributed by atoms with Crippen LogP contribution in [0.2, 0.25) is 0 Å². The number of carbonyl (C=O) groups is 1. The first kappa shape index (κ1) is 17.4. The Morgan fingerprint density at radius 1 is 1.62 bits per heavy atom. The first-order valence-electron chi connectivity index (χ1n) is 6.72. The lowest BCUT2D eigenvalue weighted by atomic mass is 10.2. The summed E-state index contributed by atoms with van der Waals surface area (Å²) in [5.74, 6) is 0.0842. The smallest absolute Gasteiger partial charge is 0.306 e. The number of amides is 1. The van der Waals surface area contributed by atoms with Gasteiger partial charge in [0, 0.05) is 32.1 Å². The largest absolute Gasteiger partial charge is 0.338 e. The number of aromatic nitrogens is 2. The van der Waals surface area contributed by atoms with Gasteiger partial charge in [-0.1, -0.05) is 0 Å². The van der Waals surface area contributed by atoms with Crippen LogP contribution in [0.4, 0.5) is 5.69 Å². The van der Waals surface area contributed by atoms with Gasteiger partial charge in [0.1, 0.15) is 12.4 Å². The van der Waals surface area contributed by atoms with E-state index in [0.29, 0.717) is 13.0 Å². The van der Waals surface area contributed by atoms with E-state index in [1.165, 1.54) is 17.1 Å². The molecule has 1 saturated heterocycles. The third-order valence-electron chi connectivity index (χ3n) is 3.52. The molecule has 1 aliphatic heterocycles. The summed E-state index contributed by atoms with van der Waals surface area (Å²) in [6.07, 6.45) is 4.93. The zero-order valence-electron chi connectivity index (χ0n) is 11.9. The van der Waals surface area contributed by atoms with Crippen molar-refractivity contribution < 1.29 is 9.72 Å². The molecule has 1 amide bonds. The zero-order valence-corrected chi connectivity index (χ0v) is 12.7. The van der Waals surface area contributed by atoms with Gasteiger partial charge in [-0.05, 0) is 19.9 Å². The van der Waals surface area contributed by atoms with Crippen molar-refractivity contribution in [2.24, 2.45) is 0 Å². The molecule has 2 rings (SSSR count). The van der Waals surface area contributed by atoms with Gasteiger partial charge >= 0.3 is 5.69 Å². The van der Waals surface area contributed by atoms with E-state index in [4.69, 9.17) is 0 Å². The SMILES string of the molecule is CNCC1CCCN1C(=O)CCn1cc([N+](=O)[O-])cn1.Cl. The summed E-state index contributed by atoms with van der Waals surface area (Å²) in [5.41, 5.74) is -0.0494. The molecule has 21 heavy (non-hydrogen) atoms. The summed E-state index contributed by atoms with van der Waals surface area (Å²) in [5, 5.41) is 17.5. The van der Waals surface area contributed by atoms with Crippen LogP contribution in [0.3, 0.4) is 0 Å². The second-order valence-corrected chi connectivity index (χ2v) is 4.91. The molecule has 0 bridgehead atoms. The Morgan fingerprint density at radius 2 is 2.38 bits per heavy atom. The maximum Gasteiger partial charge on any atom is 0.306 e. The van der Waals surface area contributed by atoms with Crippen molar-refractivity contribution in [3.63, 3.8) is 0 Å². The number of nitrogens with one attached hydrogen (secondary N) is 1. The Hall–Kier alpha value is -1.67. The molecule has 1 aromatic heterocycles. The van der Waals surface area contributed by atoms with Crippen LogP contribution in [0.5, 0.6) is 0 Å². The first-order valence-corrected chi connectivity index (χ1v) is 6.72. The molecule has 0 aromatic carbocycles. The first-order chi connectivity index (χ1) is 9.61. The predicted octanol–water partition coefficient (Wildman–Crippen LogP) is 0.814. The molecule has 1 atom stereocenters. The molecular weight excluding hydrogens is 298 g/mol. The maximum absolute atomic E-state index is 12.2. The van der Waals surface area contributed by atoms with Crippen LogP contribution in [-0.4, -0.2) is 51.7 Å². The van der Waals surface area contributed by atoms with Gasteiger partial charge in [0.05, 0.1) is 4.92 Å². The third kappa shape index (κ3) is 4.40. The Morgan fingerprint density at radius 3 is 3.00 bits per heavy atom. The lowest BCUT2D eigenvalue weighted by Crippen LogP contribution is -2.41. The fourth-order valence-corrected chi connectivity index (χ4v) is 2.53. The van der Waals surface area contributed by atoms with E-state index in [-0.39, 0.29) is 30.0 Å². The monoisotopic (exact) mass is 317 g/mol. The average molecular weight is 318 g/mol. The van der Waals surface area contributed by atoms with E-state index in [1.54, 1.807) is 0 Å². The van der Waals surface area contributed by atoms with Gasteiger partial charge in [0.2, 0.25) is 5.91 Å². The lowest BCUT2D eigenvalue weighted by molar-refractivity contribution is -0.385. The molecule has 8 nitrogen and oxygen atoms in total. The summed E-state index contributed by atoms with van der Waals surface area (Å²) in [4.78, 5) is 24.1. The number of hydrogen-bond acceptors (Lipinski definition) is 5. The van der Waals surface area contributed by atoms with E-state index < -0.39 is 4.92 Å². The highest BCUT2D eigenvalue weighted by Gasteiger charge is 2.27. The summed E-state index contributed by atoms with van der Waals surface area (Å²) in [7, 11) is 1.88. The van der Waals surface area contributed by atoms with Crippen molar-refractivity contribution in [3.8, 4) is 0 Å². The van der Waals surface area contributed by atoms with Crippen molar-refractivity contribution in [1.29, 1.82) is 0 Å². The molecule has 1 N–H and O–H groups in total. The number of nitro groups is 1. The Balaban J connectivity index is 0.00000220. The molecule has 1 unspecified atom stereocenters. The summed E-state index contributed by atoms with van der Waals surface area (Å²) in [6.45, 7) is 1.97. The molecule has 0 radical (unpaired) electrons. The third-order valence-corrected chi connectivity index (χ3v) is 3.52. The summed E-state index contributed by atoms with van der Waals surface area (Å²) < 4.78 is 1.44. The average Bonchev–Trinajstić information content (AvgIpc) is 3.05. The van der Waals surface area contributed by atoms with Gasteiger partial charge in [0.15, 0.2) is 0 Å². The van der Waals surface area contributed by atoms with Crippen molar-refractivity contribution in [2.75, 3.05) is 20.1 Å². The van der Waals surface area contributed by atoms with E-state index in [1.807, 2.05) is 11.9 Å². The Kier molecular flexibility index (Phi) is 6.57. The predicted molar refractivity (Wildman–Crippen MR) is 79.4 cm³/mol. The summed E-state index contributed by atoms with van der Waals surface area (Å²) >= 11 is 0. The van der Waals surface area contributed by atoms with E-state index in [0.717, 1.165) is 25.9 Å². The van der Waals surface area contributed by atoms with Crippen molar-refractivity contribution >= 4 is 24.0 Å². The molecule has 118 valence electrons. The van der Waals surface area contributed by atoms with Crippen molar-refractivity contribution in [1.82, 2.24) is 20.0 Å². The lowest BCUT2D eigenvalue weighted by Gasteiger charge is -2.24. The molecule has 9 heteroatoms. The normalized spacial score (nSPS) is 17.6. The van der Waals surface area contributed by atoms with Gasteiger partial charge in [-0.15, -0.1) is 12.4 Å². The van der Waals surface area contributed by atoms with E-state index in [9.17, 15) is 14.9 Å². The highest BCUT2D eigenvalue weighted by Crippen LogP contribution is 2.18. The second kappa shape index (κ2) is 7.94. The number of nitrogens with zero attached hydrogens (tertiary/aromatic N) is 4. The number of halogens is 1. The highest BCUT2D eigenvalue weighted by molar-refractivity contribution is 5.85. The van der Waals surface area contributed by atoms with Crippen LogP contribution in [0.15, 0.2) is 12.4 Å². The molecular formula is C12H20ClN5O3. The van der Waals surface area contributed by atoms with Gasteiger partial charge in [0.25, 0.3) is 0 Å². The highest BCUT2D eigenvalue weighted by atomic mass is 35.5. The Labute approximate surface area is 129 Å². The summed E-state index contributed by atoms with van der Waals surface area (Å²) in [6, 6.07) is 0.263. The van der Waals surface area contributed by atoms with Crippen LogP contribution < -0.4 is 5.32 Å². The van der Waals surface area contributed by atoms with Gasteiger partial charge in [-0.3, -0.25) is 19.6 Å². The van der Waals surface area contributed by atoms with Crippen LogP contribution in [-0.2, 0) is 11.3 Å². The molecule has 0 aliphatic carbocycles. The van der Waals surface area contributed by atoms with Crippen molar-refractivity contribution in [2.45, 2.75) is 31.8 Å². The number of carbonyl (C=O) groups excluding carboxylic acids is 1. The second-order valence-electron chi connectivity index (χ2n) is 4.91. The van der Waals surface area contributed by atoms with Crippen LogP contribution in [0, 0.1) is 10.1 Å². The van der Waals surface area contributed by atoms with Crippen molar-refractivity contribution in [3.05, 3.63) is 22.5 Å². The standard InChI is InChI=1S/C12H19N5O3.ClH/c1-13-7-10-3-2-5-16(10)12(18)4-6-15-9-11(8-14-15)17(19)20;/h8-10,13H,2-7H2,1H3;1H. The topological polar surface area (TPSA) is 93.3 Å². The molecule has 1 aromatic rings. The number of aryl methyl sites for hydroxylation is 1. The Bertz CT molecular complexity index is 493. The molecule has 1 aliphatic rings. The van der Waals surface area contributed by atoms with E-state index >= 15 is 0 Å². The minimum Gasteiger partial charge on any atom is -0.338 e. The molecule has 0 spiro atoms.